The standard InChI is InChI=1S/C9H16/c1-2-3-4-6-9-7-5-8-9/h4,6,9H,2-3,5,7-8H2,1H3. The zero-order valence-corrected chi connectivity index (χ0v) is 6.27. The van der Waals surface area contributed by atoms with Gasteiger partial charge in [0.1, 0.15) is 0 Å². The molecule has 0 bridgehead atoms. The molecule has 0 radical (unpaired) electrons. The molecule has 1 fully saturated rings. The zero-order chi connectivity index (χ0) is 6.53. The summed E-state index contributed by atoms with van der Waals surface area (Å²) in [6, 6.07) is 0. The Morgan fingerprint density at radius 3 is 2.67 bits per heavy atom. The summed E-state index contributed by atoms with van der Waals surface area (Å²) in [7, 11) is 0. The average Bonchev–Trinajstić information content (AvgIpc) is 1.76. The smallest absolute Gasteiger partial charge is 0.0234 e. The van der Waals surface area contributed by atoms with E-state index >= 15 is 0 Å². The SMILES string of the molecule is CCCC=CC1CCC1. The lowest BCUT2D eigenvalue weighted by Crippen LogP contribution is -2.06. The van der Waals surface area contributed by atoms with Crippen molar-refractivity contribution in [2.45, 2.75) is 39.0 Å². The molecule has 0 aliphatic heterocycles. The van der Waals surface area contributed by atoms with E-state index in [-0.39, 0.29) is 0 Å². The first-order valence-electron chi connectivity index (χ1n) is 4.10. The summed E-state index contributed by atoms with van der Waals surface area (Å²) in [5.74, 6) is 0.955. The summed E-state index contributed by atoms with van der Waals surface area (Å²) in [4.78, 5) is 0. The van der Waals surface area contributed by atoms with Crippen LogP contribution in [-0.4, -0.2) is 0 Å². The van der Waals surface area contributed by atoms with Gasteiger partial charge < -0.3 is 0 Å². The summed E-state index contributed by atoms with van der Waals surface area (Å²) < 4.78 is 0. The van der Waals surface area contributed by atoms with Crippen LogP contribution in [0.25, 0.3) is 0 Å². The topological polar surface area (TPSA) is 0 Å². The molecular weight excluding hydrogens is 108 g/mol. The van der Waals surface area contributed by atoms with Gasteiger partial charge in [-0.1, -0.05) is 31.9 Å². The molecule has 1 rings (SSSR count). The lowest BCUT2D eigenvalue weighted by Gasteiger charge is -2.21. The molecule has 0 aromatic heterocycles. The van der Waals surface area contributed by atoms with Gasteiger partial charge in [-0.25, -0.2) is 0 Å². The molecular formula is C9H16. The first-order valence-corrected chi connectivity index (χ1v) is 4.10. The van der Waals surface area contributed by atoms with E-state index in [0.29, 0.717) is 0 Å². The quantitative estimate of drug-likeness (QED) is 0.507. The molecule has 0 unspecified atom stereocenters. The van der Waals surface area contributed by atoms with Gasteiger partial charge in [-0.05, 0) is 25.2 Å². The highest BCUT2D eigenvalue weighted by molar-refractivity contribution is 4.92. The van der Waals surface area contributed by atoms with Crippen LogP contribution >= 0.6 is 0 Å². The van der Waals surface area contributed by atoms with Gasteiger partial charge in [-0.3, -0.25) is 0 Å². The van der Waals surface area contributed by atoms with E-state index in [4.69, 9.17) is 0 Å². The van der Waals surface area contributed by atoms with Gasteiger partial charge in [0.25, 0.3) is 0 Å². The van der Waals surface area contributed by atoms with E-state index < -0.39 is 0 Å². The molecule has 0 atom stereocenters. The largest absolute Gasteiger partial charge is 0.0883 e. The molecule has 1 saturated carbocycles. The third kappa shape index (κ3) is 2.21. The molecule has 0 heterocycles. The Balaban J connectivity index is 2.00. The van der Waals surface area contributed by atoms with Crippen LogP contribution in [0, 0.1) is 5.92 Å². The van der Waals surface area contributed by atoms with Gasteiger partial charge in [0.2, 0.25) is 0 Å². The molecule has 0 aromatic rings. The van der Waals surface area contributed by atoms with Crippen molar-refractivity contribution in [2.75, 3.05) is 0 Å². The third-order valence-corrected chi connectivity index (χ3v) is 2.01. The van der Waals surface area contributed by atoms with Crippen molar-refractivity contribution in [3.05, 3.63) is 12.2 Å². The Labute approximate surface area is 58.0 Å². The number of rotatable bonds is 3. The highest BCUT2D eigenvalue weighted by atomic mass is 14.2. The van der Waals surface area contributed by atoms with E-state index in [0.717, 1.165) is 5.92 Å². The van der Waals surface area contributed by atoms with Crippen LogP contribution in [0.2, 0.25) is 0 Å². The van der Waals surface area contributed by atoms with Crippen LogP contribution < -0.4 is 0 Å². The van der Waals surface area contributed by atoms with E-state index in [1.807, 2.05) is 0 Å². The summed E-state index contributed by atoms with van der Waals surface area (Å²) in [5.41, 5.74) is 0. The summed E-state index contributed by atoms with van der Waals surface area (Å²) in [6.45, 7) is 2.23. The molecule has 0 heteroatoms. The fourth-order valence-corrected chi connectivity index (χ4v) is 1.09. The summed E-state index contributed by atoms with van der Waals surface area (Å²) in [5, 5.41) is 0. The highest BCUT2D eigenvalue weighted by Gasteiger charge is 2.12. The van der Waals surface area contributed by atoms with Gasteiger partial charge in [0.05, 0.1) is 0 Å². The molecule has 9 heavy (non-hydrogen) atoms. The normalized spacial score (nSPS) is 20.6. The molecule has 52 valence electrons. The van der Waals surface area contributed by atoms with Crippen LogP contribution in [0.5, 0.6) is 0 Å². The predicted molar refractivity (Wildman–Crippen MR) is 41.4 cm³/mol. The van der Waals surface area contributed by atoms with Crippen molar-refractivity contribution in [1.29, 1.82) is 0 Å². The van der Waals surface area contributed by atoms with Crippen molar-refractivity contribution in [3.8, 4) is 0 Å². The Morgan fingerprint density at radius 1 is 1.44 bits per heavy atom. The molecule has 0 N–H and O–H groups in total. The summed E-state index contributed by atoms with van der Waals surface area (Å²) in [6.07, 6.45) is 11.7. The molecule has 1 aliphatic rings. The first kappa shape index (κ1) is 6.85. The van der Waals surface area contributed by atoms with Gasteiger partial charge in [-0.15, -0.1) is 0 Å². The minimum atomic E-state index is 0.955. The molecule has 0 nitrogen and oxygen atoms in total. The second-order valence-electron chi connectivity index (χ2n) is 2.91. The second-order valence-corrected chi connectivity index (χ2v) is 2.91. The lowest BCUT2D eigenvalue weighted by molar-refractivity contribution is 0.387. The fourth-order valence-electron chi connectivity index (χ4n) is 1.09. The minimum Gasteiger partial charge on any atom is -0.0883 e. The highest BCUT2D eigenvalue weighted by Crippen LogP contribution is 2.27. The number of unbranched alkanes of at least 4 members (excludes halogenated alkanes) is 1. The van der Waals surface area contributed by atoms with Gasteiger partial charge >= 0.3 is 0 Å². The predicted octanol–water partition coefficient (Wildman–Crippen LogP) is 3.14. The molecule has 0 aromatic carbocycles. The number of hydrogen-bond acceptors (Lipinski definition) is 0. The minimum absolute atomic E-state index is 0.955. The Morgan fingerprint density at radius 2 is 2.22 bits per heavy atom. The maximum Gasteiger partial charge on any atom is -0.0234 e. The van der Waals surface area contributed by atoms with Crippen molar-refractivity contribution in [3.63, 3.8) is 0 Å². The fraction of sp³-hybridized carbons (Fsp3) is 0.778. The van der Waals surface area contributed by atoms with E-state index in [9.17, 15) is 0 Å². The first-order chi connectivity index (χ1) is 4.43. The van der Waals surface area contributed by atoms with Crippen molar-refractivity contribution in [2.24, 2.45) is 5.92 Å². The van der Waals surface area contributed by atoms with Gasteiger partial charge in [0.15, 0.2) is 0 Å². The monoisotopic (exact) mass is 124 g/mol. The van der Waals surface area contributed by atoms with Crippen molar-refractivity contribution < 1.29 is 0 Å². The van der Waals surface area contributed by atoms with Crippen LogP contribution in [0.15, 0.2) is 12.2 Å². The number of allylic oxidation sites excluding steroid dienone is 2. The van der Waals surface area contributed by atoms with E-state index in [1.165, 1.54) is 32.1 Å². The van der Waals surface area contributed by atoms with Crippen molar-refractivity contribution in [1.82, 2.24) is 0 Å². The van der Waals surface area contributed by atoms with E-state index in [2.05, 4.69) is 19.1 Å². The second kappa shape index (κ2) is 3.71. The third-order valence-electron chi connectivity index (χ3n) is 2.01. The molecule has 1 aliphatic carbocycles. The van der Waals surface area contributed by atoms with Gasteiger partial charge in [0, 0.05) is 0 Å². The summed E-state index contributed by atoms with van der Waals surface area (Å²) >= 11 is 0. The maximum absolute atomic E-state index is 2.40. The average molecular weight is 124 g/mol. The molecule has 0 amide bonds. The molecule has 0 saturated heterocycles. The molecule has 0 spiro atoms. The van der Waals surface area contributed by atoms with Gasteiger partial charge in [-0.2, -0.15) is 0 Å². The van der Waals surface area contributed by atoms with Crippen LogP contribution in [0.3, 0.4) is 0 Å². The Hall–Kier alpha value is -0.260. The van der Waals surface area contributed by atoms with E-state index in [1.54, 1.807) is 0 Å². The van der Waals surface area contributed by atoms with Crippen LogP contribution in [-0.2, 0) is 0 Å². The maximum atomic E-state index is 2.40. The Kier molecular flexibility index (Phi) is 2.82. The lowest BCUT2D eigenvalue weighted by atomic mass is 9.85. The van der Waals surface area contributed by atoms with Crippen molar-refractivity contribution >= 4 is 0 Å². The Bertz CT molecular complexity index is 88.2. The number of hydrogen-bond donors (Lipinski definition) is 0. The van der Waals surface area contributed by atoms with Crippen LogP contribution in [0.4, 0.5) is 0 Å². The zero-order valence-electron chi connectivity index (χ0n) is 6.27. The van der Waals surface area contributed by atoms with Crippen LogP contribution in [0.1, 0.15) is 39.0 Å².